The molecule has 0 saturated heterocycles. The van der Waals surface area contributed by atoms with Crippen LogP contribution in [0.1, 0.15) is 20.7 Å². The van der Waals surface area contributed by atoms with Crippen LogP contribution in [0.25, 0.3) is 11.1 Å². The lowest BCUT2D eigenvalue weighted by atomic mass is 10.0. The Morgan fingerprint density at radius 1 is 0.815 bits per heavy atom. The van der Waals surface area contributed by atoms with Crippen LogP contribution >= 0.6 is 0 Å². The molecule has 0 aliphatic heterocycles. The minimum absolute atomic E-state index is 0.327. The number of amides is 1. The third-order valence-corrected chi connectivity index (χ3v) is 4.09. The molecule has 3 rings (SSSR count). The van der Waals surface area contributed by atoms with Gasteiger partial charge in [0.2, 0.25) is 0 Å². The number of nitrogens with one attached hydrogen (secondary N) is 1. The van der Waals surface area contributed by atoms with Crippen molar-refractivity contribution in [3.63, 3.8) is 0 Å². The number of esters is 1. The van der Waals surface area contributed by atoms with E-state index in [0.717, 1.165) is 11.1 Å². The third kappa shape index (κ3) is 4.15. The summed E-state index contributed by atoms with van der Waals surface area (Å²) in [5, 5.41) is 2.80. The van der Waals surface area contributed by atoms with Crippen LogP contribution in [0.3, 0.4) is 0 Å². The van der Waals surface area contributed by atoms with Crippen molar-refractivity contribution in [3.8, 4) is 16.9 Å². The van der Waals surface area contributed by atoms with E-state index in [0.29, 0.717) is 22.6 Å². The standard InChI is InChI=1S/C22H19NO4/c1-26-20-12-11-16(15-7-4-3-5-8-15)14-19(20)21(24)23-18-10-6-9-17(13-18)22(25)27-2/h3-14H,1-2H3,(H,23,24). The first-order valence-electron chi connectivity index (χ1n) is 8.35. The lowest BCUT2D eigenvalue weighted by molar-refractivity contribution is 0.0600. The van der Waals surface area contributed by atoms with Crippen molar-refractivity contribution in [1.82, 2.24) is 0 Å². The van der Waals surface area contributed by atoms with E-state index in [-0.39, 0.29) is 5.91 Å². The normalized spacial score (nSPS) is 10.1. The first kappa shape index (κ1) is 18.2. The molecule has 0 spiro atoms. The number of carbonyl (C=O) groups excluding carboxylic acids is 2. The Bertz CT molecular complexity index is 967. The first-order chi connectivity index (χ1) is 13.1. The molecule has 0 radical (unpaired) electrons. The Morgan fingerprint density at radius 2 is 1.59 bits per heavy atom. The SMILES string of the molecule is COC(=O)c1cccc(NC(=O)c2cc(-c3ccccc3)ccc2OC)c1. The minimum Gasteiger partial charge on any atom is -0.496 e. The van der Waals surface area contributed by atoms with Gasteiger partial charge in [0.15, 0.2) is 0 Å². The van der Waals surface area contributed by atoms with E-state index in [1.54, 1.807) is 36.4 Å². The van der Waals surface area contributed by atoms with E-state index in [9.17, 15) is 9.59 Å². The van der Waals surface area contributed by atoms with E-state index >= 15 is 0 Å². The fraction of sp³-hybridized carbons (Fsp3) is 0.0909. The van der Waals surface area contributed by atoms with Gasteiger partial charge in [-0.05, 0) is 41.5 Å². The maximum Gasteiger partial charge on any atom is 0.337 e. The predicted octanol–water partition coefficient (Wildman–Crippen LogP) is 4.40. The van der Waals surface area contributed by atoms with Gasteiger partial charge in [0.1, 0.15) is 5.75 Å². The van der Waals surface area contributed by atoms with Crippen molar-refractivity contribution in [2.45, 2.75) is 0 Å². The van der Waals surface area contributed by atoms with Crippen molar-refractivity contribution in [3.05, 3.63) is 83.9 Å². The summed E-state index contributed by atoms with van der Waals surface area (Å²) in [6, 6.07) is 21.8. The van der Waals surface area contributed by atoms with Crippen molar-refractivity contribution in [1.29, 1.82) is 0 Å². The summed E-state index contributed by atoms with van der Waals surface area (Å²) in [5.74, 6) is -0.322. The lowest BCUT2D eigenvalue weighted by Crippen LogP contribution is -2.14. The summed E-state index contributed by atoms with van der Waals surface area (Å²) < 4.78 is 10.0. The number of ether oxygens (including phenoxy) is 2. The molecular weight excluding hydrogens is 342 g/mol. The van der Waals surface area contributed by atoms with E-state index in [1.165, 1.54) is 14.2 Å². The summed E-state index contributed by atoms with van der Waals surface area (Å²) in [6.45, 7) is 0. The Balaban J connectivity index is 1.91. The fourth-order valence-corrected chi connectivity index (χ4v) is 2.74. The van der Waals surface area contributed by atoms with Crippen molar-refractivity contribution < 1.29 is 19.1 Å². The fourth-order valence-electron chi connectivity index (χ4n) is 2.74. The van der Waals surface area contributed by atoms with Crippen LogP contribution in [-0.2, 0) is 4.74 Å². The van der Waals surface area contributed by atoms with E-state index in [4.69, 9.17) is 9.47 Å². The molecule has 0 atom stereocenters. The van der Waals surface area contributed by atoms with Gasteiger partial charge in [-0.1, -0.05) is 42.5 Å². The molecule has 0 aliphatic rings. The van der Waals surface area contributed by atoms with Crippen LogP contribution < -0.4 is 10.1 Å². The van der Waals surface area contributed by atoms with Gasteiger partial charge >= 0.3 is 5.97 Å². The summed E-state index contributed by atoms with van der Waals surface area (Å²) in [4.78, 5) is 24.5. The summed E-state index contributed by atoms with van der Waals surface area (Å²) in [6.07, 6.45) is 0. The zero-order valence-corrected chi connectivity index (χ0v) is 15.1. The number of hydrogen-bond donors (Lipinski definition) is 1. The van der Waals surface area contributed by atoms with Crippen LogP contribution in [0.5, 0.6) is 5.75 Å². The molecule has 3 aromatic carbocycles. The largest absolute Gasteiger partial charge is 0.496 e. The maximum atomic E-state index is 12.8. The Kier molecular flexibility index (Phi) is 5.52. The maximum absolute atomic E-state index is 12.8. The van der Waals surface area contributed by atoms with Gasteiger partial charge in [0, 0.05) is 5.69 Å². The Hall–Kier alpha value is -3.60. The van der Waals surface area contributed by atoms with Crippen LogP contribution in [0.2, 0.25) is 0 Å². The van der Waals surface area contributed by atoms with Crippen LogP contribution in [-0.4, -0.2) is 26.1 Å². The van der Waals surface area contributed by atoms with Crippen LogP contribution in [0, 0.1) is 0 Å². The lowest BCUT2D eigenvalue weighted by Gasteiger charge is -2.12. The highest BCUT2D eigenvalue weighted by Gasteiger charge is 2.15. The summed E-state index contributed by atoms with van der Waals surface area (Å²) in [7, 11) is 2.83. The number of hydrogen-bond acceptors (Lipinski definition) is 4. The van der Waals surface area contributed by atoms with Crippen LogP contribution in [0.15, 0.2) is 72.8 Å². The van der Waals surface area contributed by atoms with Gasteiger partial charge in [0.25, 0.3) is 5.91 Å². The average molecular weight is 361 g/mol. The number of methoxy groups -OCH3 is 2. The number of rotatable bonds is 5. The molecule has 0 aliphatic carbocycles. The number of benzene rings is 3. The molecule has 0 unspecified atom stereocenters. The number of carbonyl (C=O) groups is 2. The molecule has 3 aromatic rings. The highest BCUT2D eigenvalue weighted by molar-refractivity contribution is 6.07. The van der Waals surface area contributed by atoms with Crippen molar-refractivity contribution in [2.24, 2.45) is 0 Å². The zero-order chi connectivity index (χ0) is 19.2. The molecule has 1 amide bonds. The minimum atomic E-state index is -0.463. The molecule has 0 saturated carbocycles. The Labute approximate surface area is 157 Å². The monoisotopic (exact) mass is 361 g/mol. The molecule has 5 nitrogen and oxygen atoms in total. The van der Waals surface area contributed by atoms with Gasteiger partial charge in [0.05, 0.1) is 25.3 Å². The van der Waals surface area contributed by atoms with Crippen molar-refractivity contribution in [2.75, 3.05) is 19.5 Å². The summed E-state index contributed by atoms with van der Waals surface area (Å²) >= 11 is 0. The summed E-state index contributed by atoms with van der Waals surface area (Å²) in [5.41, 5.74) is 3.17. The van der Waals surface area contributed by atoms with E-state index < -0.39 is 5.97 Å². The molecule has 27 heavy (non-hydrogen) atoms. The predicted molar refractivity (Wildman–Crippen MR) is 104 cm³/mol. The molecule has 1 N–H and O–H groups in total. The van der Waals surface area contributed by atoms with Crippen molar-refractivity contribution >= 4 is 17.6 Å². The second-order valence-corrected chi connectivity index (χ2v) is 5.81. The molecule has 0 heterocycles. The molecule has 0 bridgehead atoms. The first-order valence-corrected chi connectivity index (χ1v) is 8.35. The topological polar surface area (TPSA) is 64.6 Å². The van der Waals surface area contributed by atoms with Gasteiger partial charge in [-0.2, -0.15) is 0 Å². The quantitative estimate of drug-likeness (QED) is 0.684. The Morgan fingerprint density at radius 3 is 2.30 bits per heavy atom. The van der Waals surface area contributed by atoms with Crippen LogP contribution in [0.4, 0.5) is 5.69 Å². The zero-order valence-electron chi connectivity index (χ0n) is 15.1. The smallest absolute Gasteiger partial charge is 0.337 e. The molecular formula is C22H19NO4. The highest BCUT2D eigenvalue weighted by Crippen LogP contribution is 2.27. The van der Waals surface area contributed by atoms with Gasteiger partial charge in [-0.15, -0.1) is 0 Å². The number of anilines is 1. The highest BCUT2D eigenvalue weighted by atomic mass is 16.5. The molecule has 5 heteroatoms. The molecule has 0 fully saturated rings. The second-order valence-electron chi connectivity index (χ2n) is 5.81. The molecule has 136 valence electrons. The van der Waals surface area contributed by atoms with Gasteiger partial charge < -0.3 is 14.8 Å². The molecule has 0 aromatic heterocycles. The van der Waals surface area contributed by atoms with E-state index in [2.05, 4.69) is 5.32 Å². The van der Waals surface area contributed by atoms with E-state index in [1.807, 2.05) is 36.4 Å². The second kappa shape index (κ2) is 8.19. The average Bonchev–Trinajstić information content (AvgIpc) is 2.73. The van der Waals surface area contributed by atoms with Gasteiger partial charge in [-0.25, -0.2) is 4.79 Å². The van der Waals surface area contributed by atoms with Gasteiger partial charge in [-0.3, -0.25) is 4.79 Å². The third-order valence-electron chi connectivity index (χ3n) is 4.09.